The van der Waals surface area contributed by atoms with E-state index in [0.717, 1.165) is 26.1 Å². The van der Waals surface area contributed by atoms with Gasteiger partial charge in [0.15, 0.2) is 0 Å². The van der Waals surface area contributed by atoms with Crippen molar-refractivity contribution < 1.29 is 4.74 Å². The largest absolute Gasteiger partial charge is 0.376 e. The van der Waals surface area contributed by atoms with Crippen LogP contribution >= 0.6 is 11.3 Å². The van der Waals surface area contributed by atoms with Gasteiger partial charge in [-0.15, -0.1) is 11.3 Å². The van der Waals surface area contributed by atoms with Gasteiger partial charge in [0, 0.05) is 24.5 Å². The van der Waals surface area contributed by atoms with Crippen LogP contribution in [0.1, 0.15) is 31.5 Å². The number of ether oxygens (including phenoxy) is 1. The first-order valence-corrected chi connectivity index (χ1v) is 6.86. The molecule has 90 valence electrons. The summed E-state index contributed by atoms with van der Waals surface area (Å²) in [4.78, 5) is 7.08. The SMILES string of the molecule is CCc1nc(CN2C[C@@H](C)OC[C@H]2C)cs1. The van der Waals surface area contributed by atoms with Gasteiger partial charge < -0.3 is 4.74 Å². The zero-order valence-electron chi connectivity index (χ0n) is 10.3. The van der Waals surface area contributed by atoms with Crippen molar-refractivity contribution in [1.82, 2.24) is 9.88 Å². The standard InChI is InChI=1S/C12H20N2OS/c1-4-12-13-11(8-16-12)6-14-5-10(3)15-7-9(14)2/h8-10H,4-7H2,1-3H3/t9-,10-/m1/s1. The minimum Gasteiger partial charge on any atom is -0.376 e. The second kappa shape index (κ2) is 5.25. The summed E-state index contributed by atoms with van der Waals surface area (Å²) < 4.78 is 5.62. The van der Waals surface area contributed by atoms with E-state index >= 15 is 0 Å². The second-order valence-electron chi connectivity index (χ2n) is 4.51. The smallest absolute Gasteiger partial charge is 0.0926 e. The highest BCUT2D eigenvalue weighted by Crippen LogP contribution is 2.17. The van der Waals surface area contributed by atoms with Crippen molar-refractivity contribution >= 4 is 11.3 Å². The molecule has 0 aliphatic carbocycles. The topological polar surface area (TPSA) is 25.4 Å². The summed E-state index contributed by atoms with van der Waals surface area (Å²) in [6.07, 6.45) is 1.39. The van der Waals surface area contributed by atoms with Crippen molar-refractivity contribution in [3.05, 3.63) is 16.1 Å². The van der Waals surface area contributed by atoms with Crippen LogP contribution in [0.25, 0.3) is 0 Å². The van der Waals surface area contributed by atoms with E-state index in [1.807, 2.05) is 0 Å². The summed E-state index contributed by atoms with van der Waals surface area (Å²) in [7, 11) is 0. The summed E-state index contributed by atoms with van der Waals surface area (Å²) in [6.45, 7) is 9.33. The number of rotatable bonds is 3. The molecule has 1 aromatic rings. The third-order valence-electron chi connectivity index (χ3n) is 3.00. The Bertz CT molecular complexity index is 340. The molecule has 1 saturated heterocycles. The molecule has 1 aliphatic rings. The Balaban J connectivity index is 1.97. The van der Waals surface area contributed by atoms with Crippen molar-refractivity contribution in [2.45, 2.75) is 45.9 Å². The molecule has 0 spiro atoms. The van der Waals surface area contributed by atoms with Crippen molar-refractivity contribution in [3.63, 3.8) is 0 Å². The summed E-state index contributed by atoms with van der Waals surface area (Å²) in [5, 5.41) is 3.43. The molecular weight excluding hydrogens is 220 g/mol. The van der Waals surface area contributed by atoms with Gasteiger partial charge in [0.25, 0.3) is 0 Å². The van der Waals surface area contributed by atoms with Crippen molar-refractivity contribution in [2.24, 2.45) is 0 Å². The zero-order chi connectivity index (χ0) is 11.5. The van der Waals surface area contributed by atoms with Crippen LogP contribution in [0.5, 0.6) is 0 Å². The quantitative estimate of drug-likeness (QED) is 0.810. The van der Waals surface area contributed by atoms with Crippen LogP contribution in [0.2, 0.25) is 0 Å². The van der Waals surface area contributed by atoms with E-state index in [1.54, 1.807) is 11.3 Å². The summed E-state index contributed by atoms with van der Waals surface area (Å²) in [5.74, 6) is 0. The van der Waals surface area contributed by atoms with Crippen LogP contribution in [0.3, 0.4) is 0 Å². The number of hydrogen-bond acceptors (Lipinski definition) is 4. The van der Waals surface area contributed by atoms with E-state index in [0.29, 0.717) is 12.1 Å². The predicted octanol–water partition coefficient (Wildman–Crippen LogP) is 2.31. The minimum atomic E-state index is 0.348. The fourth-order valence-corrected chi connectivity index (χ4v) is 2.72. The molecule has 0 saturated carbocycles. The third kappa shape index (κ3) is 2.81. The van der Waals surface area contributed by atoms with Gasteiger partial charge in [-0.25, -0.2) is 4.98 Å². The number of aryl methyl sites for hydroxylation is 1. The molecule has 0 bridgehead atoms. The molecule has 2 heterocycles. The highest BCUT2D eigenvalue weighted by Gasteiger charge is 2.23. The average Bonchev–Trinajstić information content (AvgIpc) is 2.71. The van der Waals surface area contributed by atoms with Gasteiger partial charge in [-0.3, -0.25) is 4.90 Å². The molecule has 3 nitrogen and oxygen atoms in total. The number of morpholine rings is 1. The molecule has 0 radical (unpaired) electrons. The van der Waals surface area contributed by atoms with Gasteiger partial charge >= 0.3 is 0 Å². The van der Waals surface area contributed by atoms with Gasteiger partial charge in [0.2, 0.25) is 0 Å². The molecule has 1 fully saturated rings. The van der Waals surface area contributed by atoms with E-state index in [2.05, 4.69) is 36.0 Å². The Hall–Kier alpha value is -0.450. The Kier molecular flexibility index (Phi) is 3.95. The van der Waals surface area contributed by atoms with Crippen LogP contribution in [-0.4, -0.2) is 35.2 Å². The summed E-state index contributed by atoms with van der Waals surface area (Å²) in [6, 6.07) is 0.503. The molecule has 0 amide bonds. The normalized spacial score (nSPS) is 27.2. The zero-order valence-corrected chi connectivity index (χ0v) is 11.1. The van der Waals surface area contributed by atoms with E-state index in [-0.39, 0.29) is 0 Å². The Labute approximate surface area is 101 Å². The maximum absolute atomic E-state index is 5.62. The van der Waals surface area contributed by atoms with E-state index in [1.165, 1.54) is 10.7 Å². The molecule has 2 rings (SSSR count). The Morgan fingerprint density at radius 2 is 2.38 bits per heavy atom. The number of hydrogen-bond donors (Lipinski definition) is 0. The lowest BCUT2D eigenvalue weighted by Gasteiger charge is -2.36. The number of nitrogens with zero attached hydrogens (tertiary/aromatic N) is 2. The van der Waals surface area contributed by atoms with Crippen LogP contribution in [0.15, 0.2) is 5.38 Å². The average molecular weight is 240 g/mol. The summed E-state index contributed by atoms with van der Waals surface area (Å²) >= 11 is 1.77. The van der Waals surface area contributed by atoms with E-state index in [4.69, 9.17) is 4.74 Å². The van der Waals surface area contributed by atoms with Gasteiger partial charge in [-0.05, 0) is 20.3 Å². The first-order chi connectivity index (χ1) is 7.69. The molecule has 2 atom stereocenters. The van der Waals surface area contributed by atoms with Gasteiger partial charge in [-0.1, -0.05) is 6.92 Å². The fourth-order valence-electron chi connectivity index (χ4n) is 1.98. The molecule has 4 heteroatoms. The molecule has 0 unspecified atom stereocenters. The van der Waals surface area contributed by atoms with E-state index < -0.39 is 0 Å². The Morgan fingerprint density at radius 1 is 1.56 bits per heavy atom. The number of aromatic nitrogens is 1. The lowest BCUT2D eigenvalue weighted by atomic mass is 10.2. The first-order valence-electron chi connectivity index (χ1n) is 5.98. The molecule has 16 heavy (non-hydrogen) atoms. The monoisotopic (exact) mass is 240 g/mol. The maximum atomic E-state index is 5.62. The maximum Gasteiger partial charge on any atom is 0.0926 e. The minimum absolute atomic E-state index is 0.348. The van der Waals surface area contributed by atoms with Gasteiger partial charge in [0.1, 0.15) is 0 Å². The highest BCUT2D eigenvalue weighted by molar-refractivity contribution is 7.09. The lowest BCUT2D eigenvalue weighted by Crippen LogP contribution is -2.46. The van der Waals surface area contributed by atoms with Gasteiger partial charge in [0.05, 0.1) is 23.4 Å². The highest BCUT2D eigenvalue weighted by atomic mass is 32.1. The van der Waals surface area contributed by atoms with Crippen LogP contribution in [0, 0.1) is 0 Å². The van der Waals surface area contributed by atoms with Crippen molar-refractivity contribution in [3.8, 4) is 0 Å². The molecular formula is C12H20N2OS. The predicted molar refractivity (Wildman–Crippen MR) is 66.8 cm³/mol. The lowest BCUT2D eigenvalue weighted by molar-refractivity contribution is -0.0530. The van der Waals surface area contributed by atoms with Crippen molar-refractivity contribution in [2.75, 3.05) is 13.2 Å². The third-order valence-corrected chi connectivity index (χ3v) is 4.05. The molecule has 0 N–H and O–H groups in total. The van der Waals surface area contributed by atoms with Crippen LogP contribution in [-0.2, 0) is 17.7 Å². The van der Waals surface area contributed by atoms with Crippen LogP contribution < -0.4 is 0 Å². The van der Waals surface area contributed by atoms with Crippen molar-refractivity contribution in [1.29, 1.82) is 0 Å². The Morgan fingerprint density at radius 3 is 3.06 bits per heavy atom. The molecule has 1 aliphatic heterocycles. The molecule has 0 aromatic carbocycles. The van der Waals surface area contributed by atoms with Crippen LogP contribution in [0.4, 0.5) is 0 Å². The molecule has 1 aromatic heterocycles. The first kappa shape index (κ1) is 12.0. The van der Waals surface area contributed by atoms with Gasteiger partial charge in [-0.2, -0.15) is 0 Å². The fraction of sp³-hybridized carbons (Fsp3) is 0.750. The van der Waals surface area contributed by atoms with E-state index in [9.17, 15) is 0 Å². The number of thiazole rings is 1. The summed E-state index contributed by atoms with van der Waals surface area (Å²) in [5.41, 5.74) is 1.21. The second-order valence-corrected chi connectivity index (χ2v) is 5.45.